The predicted molar refractivity (Wildman–Crippen MR) is 146 cm³/mol. The second-order valence-corrected chi connectivity index (χ2v) is 11.0. The van der Waals surface area contributed by atoms with Crippen LogP contribution in [0.15, 0.2) is 53.9 Å². The summed E-state index contributed by atoms with van der Waals surface area (Å²) in [5, 5.41) is 2.71. The van der Waals surface area contributed by atoms with Crippen molar-refractivity contribution < 1.29 is 18.7 Å². The molecule has 0 fully saturated rings. The molecular weight excluding hydrogens is 511 g/mol. The summed E-state index contributed by atoms with van der Waals surface area (Å²) in [5.74, 6) is -0.375. The van der Waals surface area contributed by atoms with Gasteiger partial charge in [-0.2, -0.15) is 0 Å². The predicted octanol–water partition coefficient (Wildman–Crippen LogP) is 6.54. The lowest BCUT2D eigenvalue weighted by atomic mass is 10.00. The topological polar surface area (TPSA) is 49.9 Å². The first-order valence-electron chi connectivity index (χ1n) is 12.6. The first kappa shape index (κ1) is 27.1. The van der Waals surface area contributed by atoms with Gasteiger partial charge in [0.15, 0.2) is 0 Å². The molecule has 2 atom stereocenters. The van der Waals surface area contributed by atoms with Gasteiger partial charge in [0.2, 0.25) is 5.91 Å². The van der Waals surface area contributed by atoms with Crippen molar-refractivity contribution in [2.24, 2.45) is 5.92 Å². The first-order valence-corrected chi connectivity index (χ1v) is 13.8. The molecule has 0 saturated carbocycles. The van der Waals surface area contributed by atoms with Crippen molar-refractivity contribution in [3.63, 3.8) is 0 Å². The molecule has 0 saturated heterocycles. The van der Waals surface area contributed by atoms with Crippen LogP contribution in [0.2, 0.25) is 5.02 Å². The van der Waals surface area contributed by atoms with Crippen LogP contribution < -0.4 is 4.74 Å². The van der Waals surface area contributed by atoms with Crippen LogP contribution in [0.5, 0.6) is 5.75 Å². The molecule has 3 aromatic rings. The van der Waals surface area contributed by atoms with Crippen molar-refractivity contribution in [3.8, 4) is 5.75 Å². The minimum atomic E-state index is -0.584. The molecule has 1 aliphatic rings. The van der Waals surface area contributed by atoms with E-state index in [0.717, 1.165) is 24.0 Å². The zero-order valence-corrected chi connectivity index (χ0v) is 22.9. The summed E-state index contributed by atoms with van der Waals surface area (Å²) in [7, 11) is 0. The number of fused-ring (bicyclic) bond motifs is 1. The molecule has 0 bridgehead atoms. The third-order valence-electron chi connectivity index (χ3n) is 6.90. The highest BCUT2D eigenvalue weighted by atomic mass is 35.5. The van der Waals surface area contributed by atoms with E-state index in [4.69, 9.17) is 16.3 Å². The van der Waals surface area contributed by atoms with Crippen LogP contribution in [0.25, 0.3) is 0 Å². The molecule has 0 aliphatic carbocycles. The number of halogens is 2. The first-order chi connectivity index (χ1) is 17.8. The van der Waals surface area contributed by atoms with Gasteiger partial charge in [0.05, 0.1) is 11.6 Å². The minimum Gasteiger partial charge on any atom is -0.491 e. The summed E-state index contributed by atoms with van der Waals surface area (Å²) >= 11 is 7.84. The van der Waals surface area contributed by atoms with Gasteiger partial charge in [0.1, 0.15) is 24.7 Å². The average Bonchev–Trinajstić information content (AvgIpc) is 3.37. The number of rotatable bonds is 9. The summed E-state index contributed by atoms with van der Waals surface area (Å²) in [5.41, 5.74) is 1.97. The van der Waals surface area contributed by atoms with Crippen molar-refractivity contribution in [2.45, 2.75) is 39.7 Å². The highest BCUT2D eigenvalue weighted by Crippen LogP contribution is 2.34. The number of benzene rings is 2. The molecule has 8 heteroatoms. The van der Waals surface area contributed by atoms with E-state index in [1.54, 1.807) is 34.4 Å². The Morgan fingerprint density at radius 1 is 1.24 bits per heavy atom. The third kappa shape index (κ3) is 6.33. The maximum absolute atomic E-state index is 14.5. The van der Waals surface area contributed by atoms with E-state index in [1.165, 1.54) is 21.9 Å². The number of carbonyl (C=O) groups excluding carboxylic acids is 2. The van der Waals surface area contributed by atoms with E-state index in [0.29, 0.717) is 23.9 Å². The maximum Gasteiger partial charge on any atom is 0.257 e. The fraction of sp³-hybridized carbons (Fsp3) is 0.379. The molecule has 5 nitrogen and oxygen atoms in total. The number of carbonyl (C=O) groups is 2. The number of amides is 2. The molecule has 0 spiro atoms. The fourth-order valence-electron chi connectivity index (χ4n) is 4.54. The molecule has 1 aromatic heterocycles. The van der Waals surface area contributed by atoms with Crippen molar-refractivity contribution in [3.05, 3.63) is 86.3 Å². The Hall–Kier alpha value is -2.90. The largest absolute Gasteiger partial charge is 0.491 e. The van der Waals surface area contributed by atoms with Gasteiger partial charge in [-0.15, -0.1) is 11.3 Å². The number of ether oxygens (including phenoxy) is 1. The normalized spacial score (nSPS) is 15.7. The standard InChI is InChI=1S/C29H32ClFN2O3S/c1-4-19(2)16-32(29(35)22-7-5-6-8-25(22)31)17-28(34)33-13-11-27-23(12-14-37-27)26(33)18-36-21-9-10-24(30)20(3)15-21/h5-10,12,14-15,19,26H,4,11,13,16-18H2,1-3H3/t19-,26-/m1/s1. The number of nitrogens with zero attached hydrogens (tertiary/aromatic N) is 2. The van der Waals surface area contributed by atoms with E-state index >= 15 is 0 Å². The zero-order chi connectivity index (χ0) is 26.5. The second-order valence-electron chi connectivity index (χ2n) is 9.55. The number of thiophene rings is 1. The summed E-state index contributed by atoms with van der Waals surface area (Å²) in [6.45, 7) is 7.04. The Morgan fingerprint density at radius 2 is 2.03 bits per heavy atom. The van der Waals surface area contributed by atoms with Gasteiger partial charge in [-0.05, 0) is 72.2 Å². The van der Waals surface area contributed by atoms with Gasteiger partial charge in [0, 0.05) is 23.0 Å². The van der Waals surface area contributed by atoms with Crippen LogP contribution in [0, 0.1) is 18.7 Å². The highest BCUT2D eigenvalue weighted by molar-refractivity contribution is 7.10. The van der Waals surface area contributed by atoms with Gasteiger partial charge in [-0.3, -0.25) is 9.59 Å². The summed E-state index contributed by atoms with van der Waals surface area (Å²) < 4.78 is 20.6. The van der Waals surface area contributed by atoms with Crippen LogP contribution in [-0.4, -0.2) is 47.9 Å². The average molecular weight is 543 g/mol. The molecule has 1 aliphatic heterocycles. The Labute approximate surface area is 226 Å². The van der Waals surface area contributed by atoms with E-state index in [2.05, 4.69) is 0 Å². The Balaban J connectivity index is 1.56. The van der Waals surface area contributed by atoms with Gasteiger partial charge in [-0.25, -0.2) is 4.39 Å². The summed E-state index contributed by atoms with van der Waals surface area (Å²) in [6, 6.07) is 13.2. The third-order valence-corrected chi connectivity index (χ3v) is 8.32. The Bertz CT molecular complexity index is 1260. The second kappa shape index (κ2) is 12.1. The smallest absolute Gasteiger partial charge is 0.257 e. The van der Waals surface area contributed by atoms with Gasteiger partial charge >= 0.3 is 0 Å². The van der Waals surface area contributed by atoms with Crippen LogP contribution in [-0.2, 0) is 11.2 Å². The van der Waals surface area contributed by atoms with Crippen LogP contribution in [0.1, 0.15) is 52.7 Å². The highest BCUT2D eigenvalue weighted by Gasteiger charge is 2.34. The van der Waals surface area contributed by atoms with Crippen molar-refractivity contribution in [1.29, 1.82) is 0 Å². The molecule has 0 N–H and O–H groups in total. The Kier molecular flexibility index (Phi) is 8.87. The fourth-order valence-corrected chi connectivity index (χ4v) is 5.59. The van der Waals surface area contributed by atoms with Crippen LogP contribution in [0.3, 0.4) is 0 Å². The molecule has 0 radical (unpaired) electrons. The zero-order valence-electron chi connectivity index (χ0n) is 21.4. The van der Waals surface area contributed by atoms with E-state index < -0.39 is 11.7 Å². The lowest BCUT2D eigenvalue weighted by Gasteiger charge is -2.37. The van der Waals surface area contributed by atoms with Gasteiger partial charge in [-0.1, -0.05) is 44.0 Å². The molecule has 196 valence electrons. The number of hydrogen-bond acceptors (Lipinski definition) is 4. The monoisotopic (exact) mass is 542 g/mol. The van der Waals surface area contributed by atoms with E-state index in [-0.39, 0.29) is 36.6 Å². The van der Waals surface area contributed by atoms with E-state index in [9.17, 15) is 14.0 Å². The number of aryl methyl sites for hydroxylation is 1. The molecule has 2 amide bonds. The van der Waals surface area contributed by atoms with Gasteiger partial charge < -0.3 is 14.5 Å². The molecule has 37 heavy (non-hydrogen) atoms. The molecule has 2 heterocycles. The summed E-state index contributed by atoms with van der Waals surface area (Å²) in [4.78, 5) is 31.6. The maximum atomic E-state index is 14.5. The SMILES string of the molecule is CC[C@@H](C)CN(CC(=O)N1CCc2sccc2[C@H]1COc1ccc(Cl)c(C)c1)C(=O)c1ccccc1F. The number of hydrogen-bond donors (Lipinski definition) is 0. The van der Waals surface area contributed by atoms with Crippen molar-refractivity contribution >= 4 is 34.8 Å². The quantitative estimate of drug-likeness (QED) is 0.308. The molecule has 2 aromatic carbocycles. The van der Waals surface area contributed by atoms with Crippen LogP contribution >= 0.6 is 22.9 Å². The minimum absolute atomic E-state index is 0.0182. The molecule has 0 unspecified atom stereocenters. The van der Waals surface area contributed by atoms with Crippen LogP contribution in [0.4, 0.5) is 4.39 Å². The molecular formula is C29H32ClFN2O3S. The van der Waals surface area contributed by atoms with Gasteiger partial charge in [0.25, 0.3) is 5.91 Å². The van der Waals surface area contributed by atoms with E-state index in [1.807, 2.05) is 44.4 Å². The Morgan fingerprint density at radius 3 is 2.76 bits per heavy atom. The van der Waals surface area contributed by atoms with Crippen molar-refractivity contribution in [1.82, 2.24) is 9.80 Å². The lowest BCUT2D eigenvalue weighted by Crippen LogP contribution is -2.48. The van der Waals surface area contributed by atoms with Crippen molar-refractivity contribution in [2.75, 3.05) is 26.2 Å². The lowest BCUT2D eigenvalue weighted by molar-refractivity contribution is -0.135. The summed E-state index contributed by atoms with van der Waals surface area (Å²) in [6.07, 6.45) is 1.59. The molecule has 4 rings (SSSR count).